The summed E-state index contributed by atoms with van der Waals surface area (Å²) in [6.45, 7) is 3.95. The van der Waals surface area contributed by atoms with Crippen LogP contribution in [0.3, 0.4) is 0 Å². The van der Waals surface area contributed by atoms with E-state index >= 15 is 0 Å². The lowest BCUT2D eigenvalue weighted by atomic mass is 10.1. The van der Waals surface area contributed by atoms with Crippen molar-refractivity contribution in [1.82, 2.24) is 4.90 Å². The molecule has 1 amide bonds. The Bertz CT molecular complexity index is 467. The van der Waals surface area contributed by atoms with Gasteiger partial charge >= 0.3 is 0 Å². The first-order valence-corrected chi connectivity index (χ1v) is 7.27. The lowest BCUT2D eigenvalue weighted by Gasteiger charge is -2.23. The van der Waals surface area contributed by atoms with Crippen LogP contribution in [0.1, 0.15) is 30.1 Å². The topological polar surface area (TPSA) is 29.5 Å². The summed E-state index contributed by atoms with van der Waals surface area (Å²) in [5.41, 5.74) is 0.387. The minimum absolute atomic E-state index is 0.0757. The van der Waals surface area contributed by atoms with Crippen LogP contribution in [0.2, 0.25) is 0 Å². The van der Waals surface area contributed by atoms with E-state index in [-0.39, 0.29) is 12.0 Å². The summed E-state index contributed by atoms with van der Waals surface area (Å²) in [6.07, 6.45) is 1.77. The minimum Gasteiger partial charge on any atom is -0.376 e. The molecule has 0 aromatic heterocycles. The summed E-state index contributed by atoms with van der Waals surface area (Å²) < 4.78 is 19.5. The number of hydrogen-bond donors (Lipinski definition) is 0. The zero-order valence-corrected chi connectivity index (χ0v) is 12.5. The number of carbonyl (C=O) groups excluding carboxylic acids is 1. The van der Waals surface area contributed by atoms with Gasteiger partial charge < -0.3 is 9.64 Å². The fraction of sp³-hybridized carbons (Fsp3) is 0.500. The molecule has 0 N–H and O–H groups in total. The molecule has 1 saturated heterocycles. The fourth-order valence-corrected chi connectivity index (χ4v) is 2.38. The monoisotopic (exact) mass is 329 g/mol. The zero-order chi connectivity index (χ0) is 13.8. The third-order valence-electron chi connectivity index (χ3n) is 3.26. The van der Waals surface area contributed by atoms with Crippen LogP contribution in [0.4, 0.5) is 4.39 Å². The summed E-state index contributed by atoms with van der Waals surface area (Å²) in [4.78, 5) is 14.1. The smallest absolute Gasteiger partial charge is 0.254 e. The van der Waals surface area contributed by atoms with Crippen molar-refractivity contribution in [1.29, 1.82) is 0 Å². The first kappa shape index (κ1) is 14.5. The van der Waals surface area contributed by atoms with E-state index < -0.39 is 5.82 Å². The second kappa shape index (κ2) is 6.48. The standard InChI is InChI=1S/C14H17BrFNO2/c1-2-11-9-17(6-3-7-19-11)14(18)10-4-5-12(15)13(16)8-10/h4-5,8,11H,2-3,6-7,9H2,1H3. The molecular weight excluding hydrogens is 313 g/mol. The fourth-order valence-electron chi connectivity index (χ4n) is 2.14. The molecule has 1 aromatic carbocycles. The molecular formula is C14H17BrFNO2. The van der Waals surface area contributed by atoms with Crippen LogP contribution in [-0.2, 0) is 4.74 Å². The highest BCUT2D eigenvalue weighted by Crippen LogP contribution is 2.19. The number of carbonyl (C=O) groups is 1. The molecule has 104 valence electrons. The van der Waals surface area contributed by atoms with Crippen molar-refractivity contribution < 1.29 is 13.9 Å². The molecule has 0 saturated carbocycles. The number of amides is 1. The molecule has 1 heterocycles. The average molecular weight is 330 g/mol. The van der Waals surface area contributed by atoms with Crippen LogP contribution in [-0.4, -0.2) is 36.6 Å². The normalized spacial score (nSPS) is 20.2. The quantitative estimate of drug-likeness (QED) is 0.833. The van der Waals surface area contributed by atoms with E-state index in [9.17, 15) is 9.18 Å². The molecule has 1 aliphatic rings. The van der Waals surface area contributed by atoms with E-state index in [0.29, 0.717) is 29.7 Å². The van der Waals surface area contributed by atoms with Gasteiger partial charge in [-0.3, -0.25) is 4.79 Å². The van der Waals surface area contributed by atoms with Crippen LogP contribution >= 0.6 is 15.9 Å². The number of ether oxygens (including phenoxy) is 1. The van der Waals surface area contributed by atoms with Crippen molar-refractivity contribution in [2.24, 2.45) is 0 Å². The zero-order valence-electron chi connectivity index (χ0n) is 10.9. The highest BCUT2D eigenvalue weighted by Gasteiger charge is 2.22. The van der Waals surface area contributed by atoms with Crippen LogP contribution in [0.25, 0.3) is 0 Å². The van der Waals surface area contributed by atoms with Gasteiger partial charge in [0.1, 0.15) is 5.82 Å². The maximum Gasteiger partial charge on any atom is 0.254 e. The van der Waals surface area contributed by atoms with Gasteiger partial charge in [-0.1, -0.05) is 6.92 Å². The van der Waals surface area contributed by atoms with Gasteiger partial charge in [-0.2, -0.15) is 0 Å². The number of benzene rings is 1. The van der Waals surface area contributed by atoms with Crippen molar-refractivity contribution in [3.63, 3.8) is 0 Å². The summed E-state index contributed by atoms with van der Waals surface area (Å²) in [7, 11) is 0. The molecule has 1 atom stereocenters. The Hall–Kier alpha value is -0.940. The van der Waals surface area contributed by atoms with Crippen molar-refractivity contribution in [2.45, 2.75) is 25.9 Å². The molecule has 5 heteroatoms. The van der Waals surface area contributed by atoms with Crippen molar-refractivity contribution in [3.8, 4) is 0 Å². The summed E-state index contributed by atoms with van der Waals surface area (Å²) >= 11 is 3.09. The molecule has 2 rings (SSSR count). The van der Waals surface area contributed by atoms with Gasteiger partial charge in [0.2, 0.25) is 0 Å². The SMILES string of the molecule is CCC1CN(C(=O)c2ccc(Br)c(F)c2)CCCO1. The minimum atomic E-state index is -0.413. The van der Waals surface area contributed by atoms with Crippen LogP contribution in [0.5, 0.6) is 0 Å². The average Bonchev–Trinajstić information content (AvgIpc) is 2.66. The summed E-state index contributed by atoms with van der Waals surface area (Å²) in [6, 6.07) is 4.48. The molecule has 1 aliphatic heterocycles. The van der Waals surface area contributed by atoms with Crippen molar-refractivity contribution in [3.05, 3.63) is 34.1 Å². The Morgan fingerprint density at radius 2 is 2.37 bits per heavy atom. The lowest BCUT2D eigenvalue weighted by molar-refractivity contribution is 0.0460. The lowest BCUT2D eigenvalue weighted by Crippen LogP contribution is -2.36. The number of halogens is 2. The Kier molecular flexibility index (Phi) is 4.93. The molecule has 1 unspecified atom stereocenters. The van der Waals surface area contributed by atoms with E-state index in [1.165, 1.54) is 6.07 Å². The van der Waals surface area contributed by atoms with E-state index in [1.54, 1.807) is 17.0 Å². The van der Waals surface area contributed by atoms with Gasteiger partial charge in [-0.25, -0.2) is 4.39 Å². The van der Waals surface area contributed by atoms with Crippen LogP contribution < -0.4 is 0 Å². The summed E-state index contributed by atoms with van der Waals surface area (Å²) in [5, 5.41) is 0. The molecule has 0 spiro atoms. The molecule has 0 aliphatic carbocycles. The third kappa shape index (κ3) is 3.54. The highest BCUT2D eigenvalue weighted by molar-refractivity contribution is 9.10. The van der Waals surface area contributed by atoms with E-state index in [1.807, 2.05) is 6.92 Å². The first-order chi connectivity index (χ1) is 9.11. The molecule has 3 nitrogen and oxygen atoms in total. The number of nitrogens with zero attached hydrogens (tertiary/aromatic N) is 1. The number of hydrogen-bond acceptors (Lipinski definition) is 2. The van der Waals surface area contributed by atoms with Crippen molar-refractivity contribution >= 4 is 21.8 Å². The number of rotatable bonds is 2. The van der Waals surface area contributed by atoms with Crippen LogP contribution in [0.15, 0.2) is 22.7 Å². The van der Waals surface area contributed by atoms with E-state index in [4.69, 9.17) is 4.74 Å². The van der Waals surface area contributed by atoms with E-state index in [0.717, 1.165) is 12.8 Å². The second-order valence-electron chi connectivity index (χ2n) is 4.63. The van der Waals surface area contributed by atoms with Gasteiger partial charge in [0, 0.05) is 25.3 Å². The second-order valence-corrected chi connectivity index (χ2v) is 5.49. The molecule has 0 bridgehead atoms. The Morgan fingerprint density at radius 1 is 1.58 bits per heavy atom. The Morgan fingerprint density at radius 3 is 3.05 bits per heavy atom. The maximum absolute atomic E-state index is 13.5. The predicted octanol–water partition coefficient (Wildman–Crippen LogP) is 3.23. The summed E-state index contributed by atoms with van der Waals surface area (Å²) in [5.74, 6) is -0.542. The van der Waals surface area contributed by atoms with Gasteiger partial charge in [0.15, 0.2) is 0 Å². The largest absolute Gasteiger partial charge is 0.376 e. The molecule has 19 heavy (non-hydrogen) atoms. The Labute approximate surface area is 120 Å². The molecule has 1 aromatic rings. The van der Waals surface area contributed by atoms with Crippen molar-refractivity contribution in [2.75, 3.05) is 19.7 Å². The van der Waals surface area contributed by atoms with Gasteiger partial charge in [-0.05, 0) is 47.0 Å². The van der Waals surface area contributed by atoms with Gasteiger partial charge in [0.25, 0.3) is 5.91 Å². The van der Waals surface area contributed by atoms with E-state index in [2.05, 4.69) is 15.9 Å². The third-order valence-corrected chi connectivity index (χ3v) is 3.90. The molecule has 0 radical (unpaired) electrons. The molecule has 1 fully saturated rings. The van der Waals surface area contributed by atoms with Crippen LogP contribution in [0, 0.1) is 5.82 Å². The maximum atomic E-state index is 13.5. The first-order valence-electron chi connectivity index (χ1n) is 6.47. The highest BCUT2D eigenvalue weighted by atomic mass is 79.9. The Balaban J connectivity index is 2.15. The van der Waals surface area contributed by atoms with Gasteiger partial charge in [-0.15, -0.1) is 0 Å². The van der Waals surface area contributed by atoms with Gasteiger partial charge in [0.05, 0.1) is 10.6 Å². The predicted molar refractivity (Wildman–Crippen MR) is 74.7 cm³/mol.